The van der Waals surface area contributed by atoms with E-state index in [0.717, 1.165) is 0 Å². The van der Waals surface area contributed by atoms with E-state index in [0.29, 0.717) is 0 Å². The summed E-state index contributed by atoms with van der Waals surface area (Å²) in [7, 11) is 0. The van der Waals surface area contributed by atoms with Crippen LogP contribution in [0.15, 0.2) is 0 Å². The molecule has 0 amide bonds. The Morgan fingerprint density at radius 2 is 0.483 bits per heavy atom. The Labute approximate surface area is 190 Å². The molecule has 0 spiro atoms. The van der Waals surface area contributed by atoms with Gasteiger partial charge in [-0.1, -0.05) is 0 Å². The molecule has 0 unspecified atom stereocenters. The van der Waals surface area contributed by atoms with E-state index in [1.165, 1.54) is 103 Å². The van der Waals surface area contributed by atoms with E-state index in [4.69, 9.17) is 0 Å². The van der Waals surface area contributed by atoms with Crippen molar-refractivity contribution in [3.8, 4) is 0 Å². The molecule has 0 aromatic heterocycles. The zero-order valence-electron chi connectivity index (χ0n) is 21.4. The molecule has 0 saturated heterocycles. The van der Waals surface area contributed by atoms with Crippen molar-refractivity contribution in [2.24, 2.45) is 0 Å². The second-order valence-corrected chi connectivity index (χ2v) is 19.3. The summed E-state index contributed by atoms with van der Waals surface area (Å²) in [5.74, 6) is 0. The van der Waals surface area contributed by atoms with Crippen molar-refractivity contribution in [1.29, 1.82) is 0 Å². The van der Waals surface area contributed by atoms with E-state index >= 15 is 0 Å². The first-order chi connectivity index (χ1) is 14.2. The molecule has 0 aromatic rings. The monoisotopic (exact) mass is 471 g/mol. The van der Waals surface area contributed by atoms with Crippen molar-refractivity contribution in [2.75, 3.05) is 0 Å². The first kappa shape index (κ1) is 29.6. The van der Waals surface area contributed by atoms with Crippen molar-refractivity contribution in [3.05, 3.63) is 0 Å². The molecule has 0 atom stereocenters. The van der Waals surface area contributed by atoms with E-state index in [1.807, 2.05) is 0 Å². The predicted octanol–water partition coefficient (Wildman–Crippen LogP) is 11.3. The van der Waals surface area contributed by atoms with Gasteiger partial charge in [0.1, 0.15) is 0 Å². The fourth-order valence-corrected chi connectivity index (χ4v) is 15.2. The molecule has 0 heterocycles. The molecule has 29 heavy (non-hydrogen) atoms. The fourth-order valence-electron chi connectivity index (χ4n) is 4.87. The number of rotatable bonds is 24. The van der Waals surface area contributed by atoms with E-state index in [1.54, 1.807) is 46.5 Å². The SMILES string of the molecule is CCCCCCC[As+](CCCCCCC)(CCCCCCC)CCCCCCC. The van der Waals surface area contributed by atoms with Gasteiger partial charge in [-0.3, -0.25) is 0 Å². The summed E-state index contributed by atoms with van der Waals surface area (Å²) in [6.45, 7) is 9.40. The van der Waals surface area contributed by atoms with Gasteiger partial charge in [0.15, 0.2) is 0 Å². The van der Waals surface area contributed by atoms with Crippen molar-refractivity contribution in [3.63, 3.8) is 0 Å². The van der Waals surface area contributed by atoms with E-state index < -0.39 is 13.6 Å². The van der Waals surface area contributed by atoms with Crippen LogP contribution in [0.4, 0.5) is 0 Å². The van der Waals surface area contributed by atoms with E-state index in [-0.39, 0.29) is 0 Å². The van der Waals surface area contributed by atoms with Crippen molar-refractivity contribution in [2.45, 2.75) is 177 Å². The van der Waals surface area contributed by atoms with Gasteiger partial charge in [-0.25, -0.2) is 0 Å². The molecule has 0 radical (unpaired) electrons. The minimum absolute atomic E-state index is 1.39. The van der Waals surface area contributed by atoms with Gasteiger partial charge in [-0.15, -0.1) is 0 Å². The van der Waals surface area contributed by atoms with Crippen LogP contribution in [0.2, 0.25) is 20.8 Å². The molecule has 0 bridgehead atoms. The van der Waals surface area contributed by atoms with Gasteiger partial charge in [0.25, 0.3) is 0 Å². The normalized spacial score (nSPS) is 12.0. The third kappa shape index (κ3) is 19.0. The average Bonchev–Trinajstić information content (AvgIpc) is 2.73. The fraction of sp³-hybridized carbons (Fsp3) is 1.00. The second kappa shape index (κ2) is 23.2. The number of hydrogen-bond donors (Lipinski definition) is 0. The summed E-state index contributed by atoms with van der Waals surface area (Å²) in [4.78, 5) is 0. The topological polar surface area (TPSA) is 0 Å². The molecule has 0 nitrogen and oxygen atoms in total. The first-order valence-corrected chi connectivity index (χ1v) is 19.4. The van der Waals surface area contributed by atoms with Crippen LogP contribution >= 0.6 is 0 Å². The maximum absolute atomic E-state index is 2.35. The van der Waals surface area contributed by atoms with Crippen LogP contribution in [0.5, 0.6) is 0 Å². The molecule has 0 aromatic carbocycles. The Kier molecular flexibility index (Phi) is 23.7. The third-order valence-electron chi connectivity index (χ3n) is 6.94. The van der Waals surface area contributed by atoms with Crippen LogP contribution in [-0.4, -0.2) is 13.6 Å². The Bertz CT molecular complexity index is 237. The minimum atomic E-state index is -1.45. The molecule has 0 saturated carbocycles. The standard InChI is InChI=1S/C28H60As/c1-5-9-13-17-21-25-29(26-22-18-14-10-6-2,27-23-19-15-11-7-3)28-24-20-16-12-8-4/h5-28H2,1-4H3/q+1. The van der Waals surface area contributed by atoms with Crippen molar-refractivity contribution < 1.29 is 0 Å². The van der Waals surface area contributed by atoms with Crippen LogP contribution < -0.4 is 0 Å². The zero-order chi connectivity index (χ0) is 21.5. The van der Waals surface area contributed by atoms with Gasteiger partial charge < -0.3 is 0 Å². The van der Waals surface area contributed by atoms with Crippen LogP contribution in [0.3, 0.4) is 0 Å². The molecule has 0 fully saturated rings. The summed E-state index contributed by atoms with van der Waals surface area (Å²) in [6.07, 6.45) is 29.8. The second-order valence-electron chi connectivity index (χ2n) is 9.89. The quantitative estimate of drug-likeness (QED) is 0.0969. The summed E-state index contributed by atoms with van der Waals surface area (Å²) >= 11 is -1.45. The molecule has 0 aliphatic carbocycles. The molecule has 176 valence electrons. The summed E-state index contributed by atoms with van der Waals surface area (Å²) in [5, 5.41) is 6.82. The number of unbranched alkanes of at least 4 members (excludes halogenated alkanes) is 16. The third-order valence-corrected chi connectivity index (χ3v) is 17.6. The van der Waals surface area contributed by atoms with Gasteiger partial charge in [0.2, 0.25) is 0 Å². The summed E-state index contributed by atoms with van der Waals surface area (Å²) in [6, 6.07) is 0. The van der Waals surface area contributed by atoms with Gasteiger partial charge in [0, 0.05) is 0 Å². The molecule has 0 aliphatic rings. The Hall–Kier alpha value is 0.558. The summed E-state index contributed by atoms with van der Waals surface area (Å²) < 4.78 is 0. The molecular weight excluding hydrogens is 411 g/mol. The van der Waals surface area contributed by atoms with Crippen LogP contribution in [0.25, 0.3) is 0 Å². The zero-order valence-corrected chi connectivity index (χ0v) is 23.3. The Morgan fingerprint density at radius 3 is 0.690 bits per heavy atom. The summed E-state index contributed by atoms with van der Waals surface area (Å²) in [5.41, 5.74) is 0. The van der Waals surface area contributed by atoms with Gasteiger partial charge in [-0.05, 0) is 0 Å². The van der Waals surface area contributed by atoms with Crippen LogP contribution in [0.1, 0.15) is 156 Å². The Balaban J connectivity index is 4.69. The van der Waals surface area contributed by atoms with Gasteiger partial charge >= 0.3 is 190 Å². The van der Waals surface area contributed by atoms with Crippen molar-refractivity contribution in [1.82, 2.24) is 0 Å². The van der Waals surface area contributed by atoms with Crippen LogP contribution in [0, 0.1) is 0 Å². The maximum atomic E-state index is 2.35. The predicted molar refractivity (Wildman–Crippen MR) is 140 cm³/mol. The average molecular weight is 472 g/mol. The van der Waals surface area contributed by atoms with Gasteiger partial charge in [0.05, 0.1) is 0 Å². The van der Waals surface area contributed by atoms with Crippen molar-refractivity contribution >= 4 is 13.6 Å². The van der Waals surface area contributed by atoms with E-state index in [2.05, 4.69) is 27.7 Å². The van der Waals surface area contributed by atoms with Gasteiger partial charge in [-0.2, -0.15) is 0 Å². The Morgan fingerprint density at radius 1 is 0.276 bits per heavy atom. The van der Waals surface area contributed by atoms with E-state index in [9.17, 15) is 0 Å². The molecule has 0 N–H and O–H groups in total. The van der Waals surface area contributed by atoms with Crippen LogP contribution in [-0.2, 0) is 0 Å². The first-order valence-electron chi connectivity index (χ1n) is 14.1. The molecule has 1 heteroatoms. The molecule has 0 aliphatic heterocycles. The molecular formula is C28H60As+. The molecule has 0 rings (SSSR count). The number of hydrogen-bond acceptors (Lipinski definition) is 0.